The molecule has 0 radical (unpaired) electrons. The molecule has 0 aliphatic carbocycles. The molecule has 1 rings (SSSR count). The number of rotatable bonds is 5. The van der Waals surface area contributed by atoms with Crippen molar-refractivity contribution in [3.63, 3.8) is 0 Å². The first-order valence-corrected chi connectivity index (χ1v) is 7.34. The van der Waals surface area contributed by atoms with Crippen LogP contribution in [0, 0.1) is 10.1 Å². The van der Waals surface area contributed by atoms with Gasteiger partial charge in [0.25, 0.3) is 15.7 Å². The van der Waals surface area contributed by atoms with Gasteiger partial charge in [-0.25, -0.2) is 13.1 Å². The third kappa shape index (κ3) is 3.58. The minimum atomic E-state index is -4.28. The zero-order chi connectivity index (χ0) is 15.5. The lowest BCUT2D eigenvalue weighted by molar-refractivity contribution is -0.384. The highest BCUT2D eigenvalue weighted by Gasteiger charge is 2.25. The Morgan fingerprint density at radius 3 is 2.60 bits per heavy atom. The summed E-state index contributed by atoms with van der Waals surface area (Å²) in [6.07, 6.45) is 0.463. The van der Waals surface area contributed by atoms with Crippen molar-refractivity contribution in [3.05, 3.63) is 27.3 Å². The smallest absolute Gasteiger partial charge is 0.293 e. The number of nitro benzene ring substituents is 1. The molecule has 3 N–H and O–H groups in total. The molecule has 0 saturated carbocycles. The van der Waals surface area contributed by atoms with Crippen molar-refractivity contribution in [1.82, 2.24) is 4.72 Å². The molecule has 1 aromatic rings. The van der Waals surface area contributed by atoms with Gasteiger partial charge in [0.2, 0.25) is 5.91 Å². The van der Waals surface area contributed by atoms with Crippen LogP contribution in [0.2, 0.25) is 5.02 Å². The number of sulfonamides is 1. The summed E-state index contributed by atoms with van der Waals surface area (Å²) in [5, 5.41) is 10.4. The van der Waals surface area contributed by atoms with Crippen LogP contribution in [0.5, 0.6) is 0 Å². The van der Waals surface area contributed by atoms with Crippen LogP contribution in [0.4, 0.5) is 11.4 Å². The zero-order valence-corrected chi connectivity index (χ0v) is 12.0. The van der Waals surface area contributed by atoms with Gasteiger partial charge in [0, 0.05) is 12.5 Å². The van der Waals surface area contributed by atoms with E-state index in [0.717, 1.165) is 12.1 Å². The van der Waals surface area contributed by atoms with Gasteiger partial charge in [-0.05, 0) is 12.5 Å². The highest BCUT2D eigenvalue weighted by atomic mass is 35.5. The highest BCUT2D eigenvalue weighted by Crippen LogP contribution is 2.31. The topological polar surface area (TPSA) is 132 Å². The SMILES string of the molecule is CCCC(=O)NS(=O)(=O)c1cc([N+](=O)[O-])c(N)cc1Cl. The van der Waals surface area contributed by atoms with E-state index in [-0.39, 0.29) is 17.1 Å². The molecule has 0 saturated heterocycles. The van der Waals surface area contributed by atoms with Gasteiger partial charge < -0.3 is 5.73 Å². The van der Waals surface area contributed by atoms with Gasteiger partial charge in [0.05, 0.1) is 9.95 Å². The molecular formula is C10H12ClN3O5S. The Morgan fingerprint density at radius 1 is 1.50 bits per heavy atom. The van der Waals surface area contributed by atoms with E-state index in [4.69, 9.17) is 17.3 Å². The van der Waals surface area contributed by atoms with E-state index in [9.17, 15) is 23.3 Å². The molecule has 10 heteroatoms. The number of halogens is 1. The molecule has 1 aromatic carbocycles. The number of hydrogen-bond donors (Lipinski definition) is 2. The summed E-state index contributed by atoms with van der Waals surface area (Å²) in [4.78, 5) is 20.7. The first kappa shape index (κ1) is 16.2. The first-order valence-electron chi connectivity index (χ1n) is 5.48. The van der Waals surface area contributed by atoms with Gasteiger partial charge in [-0.1, -0.05) is 18.5 Å². The van der Waals surface area contributed by atoms with E-state index in [0.29, 0.717) is 6.42 Å². The van der Waals surface area contributed by atoms with Gasteiger partial charge >= 0.3 is 0 Å². The number of nitrogens with two attached hydrogens (primary N) is 1. The molecule has 20 heavy (non-hydrogen) atoms. The summed E-state index contributed by atoms with van der Waals surface area (Å²) >= 11 is 5.72. The number of amides is 1. The van der Waals surface area contributed by atoms with Crippen molar-refractivity contribution in [2.24, 2.45) is 0 Å². The summed E-state index contributed by atoms with van der Waals surface area (Å²) < 4.78 is 25.7. The number of carbonyl (C=O) groups is 1. The van der Waals surface area contributed by atoms with E-state index in [1.807, 2.05) is 0 Å². The Bertz CT molecular complexity index is 659. The molecule has 0 aliphatic rings. The Balaban J connectivity index is 3.28. The maximum atomic E-state index is 11.9. The fraction of sp³-hybridized carbons (Fsp3) is 0.300. The highest BCUT2D eigenvalue weighted by molar-refractivity contribution is 7.90. The van der Waals surface area contributed by atoms with Crippen LogP contribution < -0.4 is 10.5 Å². The number of hydrogen-bond acceptors (Lipinski definition) is 6. The molecule has 110 valence electrons. The number of anilines is 1. The van der Waals surface area contributed by atoms with Gasteiger partial charge in [-0.15, -0.1) is 0 Å². The van der Waals surface area contributed by atoms with E-state index in [1.54, 1.807) is 11.6 Å². The van der Waals surface area contributed by atoms with E-state index >= 15 is 0 Å². The largest absolute Gasteiger partial charge is 0.393 e. The van der Waals surface area contributed by atoms with Crippen molar-refractivity contribution < 1.29 is 18.1 Å². The van der Waals surface area contributed by atoms with Crippen LogP contribution in [-0.4, -0.2) is 19.2 Å². The van der Waals surface area contributed by atoms with E-state index in [1.165, 1.54) is 0 Å². The van der Waals surface area contributed by atoms with Gasteiger partial charge in [-0.2, -0.15) is 0 Å². The average molecular weight is 322 g/mol. The number of nitrogen functional groups attached to an aromatic ring is 1. The lowest BCUT2D eigenvalue weighted by Gasteiger charge is -2.09. The number of nitrogens with zero attached hydrogens (tertiary/aromatic N) is 1. The second kappa shape index (κ2) is 6.06. The summed E-state index contributed by atoms with van der Waals surface area (Å²) in [6, 6.07) is 1.68. The summed E-state index contributed by atoms with van der Waals surface area (Å²) in [5.74, 6) is -0.719. The van der Waals surface area contributed by atoms with Crippen LogP contribution in [0.15, 0.2) is 17.0 Å². The van der Waals surface area contributed by atoms with Crippen molar-refractivity contribution in [1.29, 1.82) is 0 Å². The van der Waals surface area contributed by atoms with Crippen molar-refractivity contribution in [2.75, 3.05) is 5.73 Å². The Hall–Kier alpha value is -1.87. The average Bonchev–Trinajstić information content (AvgIpc) is 2.27. The molecule has 0 fully saturated rings. The molecule has 0 heterocycles. The third-order valence-electron chi connectivity index (χ3n) is 2.29. The standard InChI is InChI=1S/C10H12ClN3O5S/c1-2-3-10(15)13-20(18,19)9-5-8(14(16)17)7(12)4-6(9)11/h4-5H,2-3,12H2,1H3,(H,13,15). The molecule has 0 unspecified atom stereocenters. The Morgan fingerprint density at radius 2 is 2.10 bits per heavy atom. The second-order valence-electron chi connectivity index (χ2n) is 3.88. The number of carbonyl (C=O) groups excluding carboxylic acids is 1. The van der Waals surface area contributed by atoms with Crippen LogP contribution in [0.25, 0.3) is 0 Å². The van der Waals surface area contributed by atoms with Crippen LogP contribution in [0.3, 0.4) is 0 Å². The molecule has 0 bridgehead atoms. The van der Waals surface area contributed by atoms with Gasteiger partial charge in [0.1, 0.15) is 10.6 Å². The lowest BCUT2D eigenvalue weighted by atomic mass is 10.3. The van der Waals surface area contributed by atoms with Crippen LogP contribution in [-0.2, 0) is 14.8 Å². The molecule has 0 aliphatic heterocycles. The fourth-order valence-corrected chi connectivity index (χ4v) is 2.98. The van der Waals surface area contributed by atoms with Gasteiger partial charge in [0.15, 0.2) is 0 Å². The van der Waals surface area contributed by atoms with Crippen LogP contribution >= 0.6 is 11.6 Å². The second-order valence-corrected chi connectivity index (χ2v) is 5.94. The maximum Gasteiger partial charge on any atom is 0.293 e. The first-order chi connectivity index (χ1) is 9.19. The third-order valence-corrected chi connectivity index (χ3v) is 4.13. The van der Waals surface area contributed by atoms with Crippen LogP contribution in [0.1, 0.15) is 19.8 Å². The predicted molar refractivity (Wildman–Crippen MR) is 72.8 cm³/mol. The normalized spacial score (nSPS) is 11.1. The fourth-order valence-electron chi connectivity index (χ4n) is 1.41. The van der Waals surface area contributed by atoms with Crippen molar-refractivity contribution >= 4 is 38.9 Å². The number of nitro groups is 1. The Kier molecular flexibility index (Phi) is 4.90. The lowest BCUT2D eigenvalue weighted by Crippen LogP contribution is -2.30. The minimum absolute atomic E-state index is 0.00785. The summed E-state index contributed by atoms with van der Waals surface area (Å²) in [7, 11) is -4.28. The quantitative estimate of drug-likeness (QED) is 0.479. The van der Waals surface area contributed by atoms with Crippen molar-refractivity contribution in [2.45, 2.75) is 24.7 Å². The monoisotopic (exact) mass is 321 g/mol. The molecule has 0 spiro atoms. The maximum absolute atomic E-state index is 11.9. The molecule has 0 atom stereocenters. The predicted octanol–water partition coefficient (Wildman–Crippen LogP) is 1.44. The zero-order valence-electron chi connectivity index (χ0n) is 10.4. The number of nitrogens with one attached hydrogen (secondary N) is 1. The van der Waals surface area contributed by atoms with E-state index < -0.39 is 31.4 Å². The summed E-state index contributed by atoms with van der Waals surface area (Å²) in [5.41, 5.74) is 4.51. The molecule has 8 nitrogen and oxygen atoms in total. The van der Waals surface area contributed by atoms with Gasteiger partial charge in [-0.3, -0.25) is 14.9 Å². The summed E-state index contributed by atoms with van der Waals surface area (Å²) in [6.45, 7) is 1.70. The Labute approximate surface area is 120 Å². The van der Waals surface area contributed by atoms with Crippen molar-refractivity contribution in [3.8, 4) is 0 Å². The molecular weight excluding hydrogens is 310 g/mol. The van der Waals surface area contributed by atoms with E-state index in [2.05, 4.69) is 0 Å². The molecule has 0 aromatic heterocycles. The molecule has 1 amide bonds. The number of benzene rings is 1. The minimum Gasteiger partial charge on any atom is -0.393 e.